The molecular formula is C15H19IO2. The maximum absolute atomic E-state index is 12.0. The molecule has 0 radical (unpaired) electrons. The van der Waals surface area contributed by atoms with Crippen LogP contribution in [0.1, 0.15) is 37.7 Å². The van der Waals surface area contributed by atoms with Gasteiger partial charge in [0.15, 0.2) is 5.78 Å². The van der Waals surface area contributed by atoms with Crippen molar-refractivity contribution in [1.29, 1.82) is 0 Å². The van der Waals surface area contributed by atoms with E-state index in [0.29, 0.717) is 6.42 Å². The molecule has 0 heterocycles. The second-order valence-corrected chi connectivity index (χ2v) is 6.36. The third-order valence-corrected chi connectivity index (χ3v) is 4.44. The summed E-state index contributed by atoms with van der Waals surface area (Å²) < 4.78 is 1.16. The summed E-state index contributed by atoms with van der Waals surface area (Å²) >= 11 is 2.24. The summed E-state index contributed by atoms with van der Waals surface area (Å²) in [4.78, 5) is 12.0. The minimum Gasteiger partial charge on any atom is -0.385 e. The zero-order valence-corrected chi connectivity index (χ0v) is 12.6. The van der Waals surface area contributed by atoms with Crippen LogP contribution in [0.15, 0.2) is 24.3 Å². The number of benzene rings is 1. The van der Waals surface area contributed by atoms with E-state index in [9.17, 15) is 9.90 Å². The number of hydrogen-bond donors (Lipinski definition) is 1. The van der Waals surface area contributed by atoms with E-state index in [1.807, 2.05) is 24.3 Å². The number of rotatable bonds is 4. The van der Waals surface area contributed by atoms with Crippen molar-refractivity contribution in [3.05, 3.63) is 33.4 Å². The molecule has 0 amide bonds. The normalized spacial score (nSPS) is 18.6. The first-order valence-electron chi connectivity index (χ1n) is 6.62. The molecule has 2 nitrogen and oxygen atoms in total. The van der Waals surface area contributed by atoms with Gasteiger partial charge in [0.1, 0.15) is 6.10 Å². The quantitative estimate of drug-likeness (QED) is 0.839. The Hall–Kier alpha value is -0.420. The van der Waals surface area contributed by atoms with Gasteiger partial charge in [-0.2, -0.15) is 0 Å². The largest absolute Gasteiger partial charge is 0.385 e. The van der Waals surface area contributed by atoms with Crippen molar-refractivity contribution in [2.75, 3.05) is 0 Å². The Balaban J connectivity index is 1.92. The van der Waals surface area contributed by atoms with Crippen molar-refractivity contribution in [3.63, 3.8) is 0 Å². The summed E-state index contributed by atoms with van der Waals surface area (Å²) in [5.41, 5.74) is 0.996. The lowest BCUT2D eigenvalue weighted by molar-refractivity contribution is -0.129. The monoisotopic (exact) mass is 358 g/mol. The smallest absolute Gasteiger partial charge is 0.165 e. The van der Waals surface area contributed by atoms with Crippen LogP contribution >= 0.6 is 22.6 Å². The Morgan fingerprint density at radius 3 is 2.44 bits per heavy atom. The predicted octanol–water partition coefficient (Wildman–Crippen LogP) is 3.34. The van der Waals surface area contributed by atoms with Crippen molar-refractivity contribution in [1.82, 2.24) is 0 Å². The second kappa shape index (κ2) is 6.66. The van der Waals surface area contributed by atoms with Crippen LogP contribution in [0, 0.1) is 9.49 Å². The summed E-state index contributed by atoms with van der Waals surface area (Å²) in [7, 11) is 0. The van der Waals surface area contributed by atoms with Crippen LogP contribution in [0.25, 0.3) is 0 Å². The molecule has 18 heavy (non-hydrogen) atoms. The van der Waals surface area contributed by atoms with Gasteiger partial charge in [0.2, 0.25) is 0 Å². The number of aliphatic hydroxyl groups is 1. The van der Waals surface area contributed by atoms with Gasteiger partial charge in [0.05, 0.1) is 0 Å². The SMILES string of the molecule is O=C(Cc1ccc(I)cc1)C(O)C1CCCCC1. The van der Waals surface area contributed by atoms with Crippen LogP contribution in [0.4, 0.5) is 0 Å². The fraction of sp³-hybridized carbons (Fsp3) is 0.533. The molecular weight excluding hydrogens is 339 g/mol. The molecule has 1 aromatic rings. The van der Waals surface area contributed by atoms with Gasteiger partial charge in [-0.15, -0.1) is 0 Å². The fourth-order valence-corrected chi connectivity index (χ4v) is 2.98. The Bertz CT molecular complexity index is 393. The molecule has 1 aliphatic rings. The topological polar surface area (TPSA) is 37.3 Å². The molecule has 1 unspecified atom stereocenters. The predicted molar refractivity (Wildman–Crippen MR) is 80.5 cm³/mol. The lowest BCUT2D eigenvalue weighted by Crippen LogP contribution is -2.32. The van der Waals surface area contributed by atoms with Gasteiger partial charge in [0.25, 0.3) is 0 Å². The number of Topliss-reactive ketones (excluding diaryl/α,β-unsaturated/α-hetero) is 1. The molecule has 1 aromatic carbocycles. The molecule has 1 aliphatic carbocycles. The van der Waals surface area contributed by atoms with E-state index < -0.39 is 6.10 Å². The maximum Gasteiger partial charge on any atom is 0.165 e. The Morgan fingerprint density at radius 1 is 1.22 bits per heavy atom. The summed E-state index contributed by atoms with van der Waals surface area (Å²) in [6.45, 7) is 0. The molecule has 0 saturated heterocycles. The molecule has 0 spiro atoms. The molecule has 1 atom stereocenters. The summed E-state index contributed by atoms with van der Waals surface area (Å²) in [5, 5.41) is 10.1. The van der Waals surface area contributed by atoms with E-state index in [1.54, 1.807) is 0 Å². The number of carbonyl (C=O) groups excluding carboxylic acids is 1. The first-order valence-corrected chi connectivity index (χ1v) is 7.70. The van der Waals surface area contributed by atoms with Gasteiger partial charge in [-0.25, -0.2) is 0 Å². The summed E-state index contributed by atoms with van der Waals surface area (Å²) in [5.74, 6) is 0.165. The third kappa shape index (κ3) is 3.79. The second-order valence-electron chi connectivity index (χ2n) is 5.11. The van der Waals surface area contributed by atoms with Gasteiger partial charge in [0, 0.05) is 9.99 Å². The highest BCUT2D eigenvalue weighted by Crippen LogP contribution is 2.27. The molecule has 1 saturated carbocycles. The molecule has 0 aromatic heterocycles. The van der Waals surface area contributed by atoms with Crippen molar-refractivity contribution in [2.45, 2.75) is 44.6 Å². The number of ketones is 1. The minimum absolute atomic E-state index is 0.0249. The highest BCUT2D eigenvalue weighted by Gasteiger charge is 2.27. The van der Waals surface area contributed by atoms with Crippen LogP contribution in [-0.2, 0) is 11.2 Å². The van der Waals surface area contributed by atoms with Crippen molar-refractivity contribution in [2.24, 2.45) is 5.92 Å². The van der Waals surface area contributed by atoms with Crippen LogP contribution in [0.5, 0.6) is 0 Å². The van der Waals surface area contributed by atoms with Gasteiger partial charge in [-0.3, -0.25) is 4.79 Å². The fourth-order valence-electron chi connectivity index (χ4n) is 2.62. The number of hydrogen-bond acceptors (Lipinski definition) is 2. The average molecular weight is 358 g/mol. The highest BCUT2D eigenvalue weighted by atomic mass is 127. The van der Waals surface area contributed by atoms with Crippen LogP contribution in [0.3, 0.4) is 0 Å². The number of aliphatic hydroxyl groups excluding tert-OH is 1. The molecule has 1 N–H and O–H groups in total. The Morgan fingerprint density at radius 2 is 1.83 bits per heavy atom. The van der Waals surface area contributed by atoms with Crippen LogP contribution < -0.4 is 0 Å². The summed E-state index contributed by atoms with van der Waals surface area (Å²) in [6, 6.07) is 7.92. The minimum atomic E-state index is -0.760. The first kappa shape index (κ1) is 14.0. The lowest BCUT2D eigenvalue weighted by Gasteiger charge is -2.25. The first-order chi connectivity index (χ1) is 8.66. The third-order valence-electron chi connectivity index (χ3n) is 3.72. The lowest BCUT2D eigenvalue weighted by atomic mass is 9.83. The Labute approximate surface area is 122 Å². The van der Waals surface area contributed by atoms with E-state index in [-0.39, 0.29) is 11.7 Å². The van der Waals surface area contributed by atoms with Gasteiger partial charge >= 0.3 is 0 Å². The van der Waals surface area contributed by atoms with Gasteiger partial charge in [-0.05, 0) is 59.0 Å². The zero-order chi connectivity index (χ0) is 13.0. The van der Waals surface area contributed by atoms with Crippen molar-refractivity contribution < 1.29 is 9.90 Å². The van der Waals surface area contributed by atoms with E-state index in [2.05, 4.69) is 22.6 Å². The van der Waals surface area contributed by atoms with Crippen molar-refractivity contribution in [3.8, 4) is 0 Å². The molecule has 1 fully saturated rings. The molecule has 3 heteroatoms. The average Bonchev–Trinajstić information content (AvgIpc) is 2.41. The van der Waals surface area contributed by atoms with Crippen molar-refractivity contribution >= 4 is 28.4 Å². The maximum atomic E-state index is 12.0. The van der Waals surface area contributed by atoms with Crippen LogP contribution in [0.2, 0.25) is 0 Å². The molecule has 0 aliphatic heterocycles. The highest BCUT2D eigenvalue weighted by molar-refractivity contribution is 14.1. The van der Waals surface area contributed by atoms with E-state index >= 15 is 0 Å². The summed E-state index contributed by atoms with van der Waals surface area (Å²) in [6.07, 6.45) is 5.14. The Kier molecular flexibility index (Phi) is 5.18. The number of carbonyl (C=O) groups is 1. The van der Waals surface area contributed by atoms with Crippen LogP contribution in [-0.4, -0.2) is 17.0 Å². The van der Waals surface area contributed by atoms with Gasteiger partial charge in [-0.1, -0.05) is 31.4 Å². The zero-order valence-electron chi connectivity index (χ0n) is 10.4. The standard InChI is InChI=1S/C15H19IO2/c16-13-8-6-11(7-9-13)10-14(17)15(18)12-4-2-1-3-5-12/h6-9,12,15,18H,1-5,10H2. The number of halogens is 1. The van der Waals surface area contributed by atoms with E-state index in [1.165, 1.54) is 6.42 Å². The van der Waals surface area contributed by atoms with E-state index in [0.717, 1.165) is 34.8 Å². The van der Waals surface area contributed by atoms with E-state index in [4.69, 9.17) is 0 Å². The molecule has 98 valence electrons. The molecule has 2 rings (SSSR count). The van der Waals surface area contributed by atoms with Gasteiger partial charge < -0.3 is 5.11 Å². The molecule has 0 bridgehead atoms.